The van der Waals surface area contributed by atoms with Crippen molar-refractivity contribution in [1.82, 2.24) is 4.98 Å². The highest BCUT2D eigenvalue weighted by Crippen LogP contribution is 2.34. The van der Waals surface area contributed by atoms with Crippen molar-refractivity contribution in [2.45, 2.75) is 10.1 Å². The van der Waals surface area contributed by atoms with Crippen molar-refractivity contribution >= 4 is 37.9 Å². The van der Waals surface area contributed by atoms with E-state index in [1.165, 1.54) is 0 Å². The summed E-state index contributed by atoms with van der Waals surface area (Å²) < 4.78 is 33.3. The zero-order valence-electron chi connectivity index (χ0n) is 10.6. The molecule has 104 valence electrons. The summed E-state index contributed by atoms with van der Waals surface area (Å²) in [5.41, 5.74) is 1.98. The molecule has 4 rings (SSSR count). The standard InChI is InChI=1S/C14H8N2O3S2/c17-21(18)12-8-4-1-5-9(12)13(16-21)20-14-15-10-6-2-3-7-11(10)19-14/h1-8H. The highest BCUT2D eigenvalue weighted by molar-refractivity contribution is 8.15. The number of hydrogen-bond donors (Lipinski definition) is 0. The Balaban J connectivity index is 1.78. The molecule has 2 heterocycles. The second-order valence-corrected chi connectivity index (χ2v) is 6.93. The maximum Gasteiger partial charge on any atom is 0.284 e. The molecule has 1 aliphatic heterocycles. The van der Waals surface area contributed by atoms with Crippen LogP contribution in [0.2, 0.25) is 0 Å². The van der Waals surface area contributed by atoms with Gasteiger partial charge in [0.05, 0.1) is 4.90 Å². The topological polar surface area (TPSA) is 72.5 Å². The van der Waals surface area contributed by atoms with Gasteiger partial charge in [-0.05, 0) is 30.0 Å². The van der Waals surface area contributed by atoms with Gasteiger partial charge >= 0.3 is 0 Å². The Kier molecular flexibility index (Phi) is 2.66. The zero-order chi connectivity index (χ0) is 14.4. The average molecular weight is 316 g/mol. The Morgan fingerprint density at radius 3 is 2.62 bits per heavy atom. The summed E-state index contributed by atoms with van der Waals surface area (Å²) in [7, 11) is -3.61. The SMILES string of the molecule is O=S1(=O)N=C(Sc2nc3ccccc3o2)c2ccccc21. The second kappa shape index (κ2) is 4.44. The van der Waals surface area contributed by atoms with E-state index in [1.807, 2.05) is 24.3 Å². The van der Waals surface area contributed by atoms with Gasteiger partial charge in [0.25, 0.3) is 15.2 Å². The molecule has 0 unspecified atom stereocenters. The van der Waals surface area contributed by atoms with Crippen LogP contribution in [0.4, 0.5) is 0 Å². The third-order valence-electron chi connectivity index (χ3n) is 3.06. The number of benzene rings is 2. The maximum absolute atomic E-state index is 12.0. The van der Waals surface area contributed by atoms with Gasteiger partial charge in [-0.25, -0.2) is 4.98 Å². The number of aromatic nitrogens is 1. The highest BCUT2D eigenvalue weighted by Gasteiger charge is 2.29. The number of rotatable bonds is 1. The van der Waals surface area contributed by atoms with E-state index in [-0.39, 0.29) is 4.90 Å². The van der Waals surface area contributed by atoms with Crippen LogP contribution in [0.3, 0.4) is 0 Å². The van der Waals surface area contributed by atoms with Crippen LogP contribution in [-0.4, -0.2) is 18.4 Å². The van der Waals surface area contributed by atoms with Crippen LogP contribution in [-0.2, 0) is 10.0 Å². The van der Waals surface area contributed by atoms with Gasteiger partial charge in [0.2, 0.25) is 0 Å². The van der Waals surface area contributed by atoms with E-state index in [0.29, 0.717) is 21.4 Å². The highest BCUT2D eigenvalue weighted by atomic mass is 32.2. The van der Waals surface area contributed by atoms with Crippen LogP contribution < -0.4 is 0 Å². The van der Waals surface area contributed by atoms with Crippen LogP contribution in [0.1, 0.15) is 5.56 Å². The predicted molar refractivity (Wildman–Crippen MR) is 80.0 cm³/mol. The number of fused-ring (bicyclic) bond motifs is 2. The number of thioether (sulfide) groups is 1. The molecule has 0 radical (unpaired) electrons. The minimum Gasteiger partial charge on any atom is -0.431 e. The summed E-state index contributed by atoms with van der Waals surface area (Å²) >= 11 is 1.11. The number of para-hydroxylation sites is 2. The molecule has 0 saturated carbocycles. The number of sulfonamides is 1. The largest absolute Gasteiger partial charge is 0.431 e. The predicted octanol–water partition coefficient (Wildman–Crippen LogP) is 3.07. The minimum absolute atomic E-state index is 0.226. The Labute approximate surface area is 124 Å². The number of hydrogen-bond acceptors (Lipinski definition) is 5. The molecular formula is C14H8N2O3S2. The Bertz CT molecular complexity index is 957. The van der Waals surface area contributed by atoms with Gasteiger partial charge in [-0.1, -0.05) is 30.3 Å². The molecule has 21 heavy (non-hydrogen) atoms. The minimum atomic E-state index is -3.61. The van der Waals surface area contributed by atoms with Crippen LogP contribution in [0, 0.1) is 0 Å². The van der Waals surface area contributed by atoms with Gasteiger partial charge in [-0.2, -0.15) is 12.8 Å². The summed E-state index contributed by atoms with van der Waals surface area (Å²) in [6, 6.07) is 14.1. The van der Waals surface area contributed by atoms with E-state index < -0.39 is 10.0 Å². The molecule has 2 aromatic carbocycles. The van der Waals surface area contributed by atoms with Crippen molar-refractivity contribution in [3.05, 3.63) is 54.1 Å². The molecular weight excluding hydrogens is 308 g/mol. The Morgan fingerprint density at radius 1 is 1.00 bits per heavy atom. The molecule has 1 aromatic heterocycles. The van der Waals surface area contributed by atoms with Crippen LogP contribution in [0.5, 0.6) is 0 Å². The molecule has 3 aromatic rings. The molecule has 1 aliphatic rings. The van der Waals surface area contributed by atoms with Crippen LogP contribution in [0.15, 0.2) is 67.5 Å². The van der Waals surface area contributed by atoms with Gasteiger partial charge < -0.3 is 4.42 Å². The first-order valence-corrected chi connectivity index (χ1v) is 8.37. The van der Waals surface area contributed by atoms with E-state index in [4.69, 9.17) is 4.42 Å². The van der Waals surface area contributed by atoms with Crippen molar-refractivity contribution in [1.29, 1.82) is 0 Å². The van der Waals surface area contributed by atoms with Crippen molar-refractivity contribution in [3.63, 3.8) is 0 Å². The molecule has 5 nitrogen and oxygen atoms in total. The molecule has 0 atom stereocenters. The molecule has 0 spiro atoms. The molecule has 0 bridgehead atoms. The van der Waals surface area contributed by atoms with Gasteiger partial charge in [0.15, 0.2) is 5.58 Å². The van der Waals surface area contributed by atoms with Crippen LogP contribution >= 0.6 is 11.8 Å². The lowest BCUT2D eigenvalue weighted by atomic mass is 10.2. The monoisotopic (exact) mass is 316 g/mol. The first-order valence-electron chi connectivity index (χ1n) is 6.11. The molecule has 7 heteroatoms. The number of nitrogens with zero attached hydrogens (tertiary/aromatic N) is 2. The fraction of sp³-hybridized carbons (Fsp3) is 0. The van der Waals surface area contributed by atoms with Gasteiger partial charge in [0, 0.05) is 5.56 Å². The molecule has 0 N–H and O–H groups in total. The summed E-state index contributed by atoms with van der Waals surface area (Å²) in [4.78, 5) is 4.54. The van der Waals surface area contributed by atoms with Gasteiger partial charge in [-0.15, -0.1) is 0 Å². The van der Waals surface area contributed by atoms with Crippen molar-refractivity contribution < 1.29 is 12.8 Å². The molecule has 0 amide bonds. The van der Waals surface area contributed by atoms with Crippen LogP contribution in [0.25, 0.3) is 11.1 Å². The first kappa shape index (κ1) is 12.6. The van der Waals surface area contributed by atoms with Crippen molar-refractivity contribution in [2.75, 3.05) is 0 Å². The van der Waals surface area contributed by atoms with Gasteiger partial charge in [-0.3, -0.25) is 0 Å². The van der Waals surface area contributed by atoms with E-state index in [2.05, 4.69) is 9.38 Å². The molecule has 0 aliphatic carbocycles. The fourth-order valence-electron chi connectivity index (χ4n) is 2.13. The summed E-state index contributed by atoms with van der Waals surface area (Å²) in [5, 5.41) is 0.763. The Morgan fingerprint density at radius 2 is 1.76 bits per heavy atom. The van der Waals surface area contributed by atoms with E-state index in [0.717, 1.165) is 17.3 Å². The van der Waals surface area contributed by atoms with E-state index in [1.54, 1.807) is 24.3 Å². The second-order valence-electron chi connectivity index (χ2n) is 4.42. The Hall–Kier alpha value is -2.12. The first-order chi connectivity index (χ1) is 10.1. The molecule has 0 fully saturated rings. The summed E-state index contributed by atoms with van der Waals surface area (Å²) in [5.74, 6) is 0. The zero-order valence-corrected chi connectivity index (χ0v) is 12.2. The quantitative estimate of drug-likeness (QED) is 0.690. The third kappa shape index (κ3) is 2.05. The normalized spacial score (nSPS) is 15.9. The van der Waals surface area contributed by atoms with Gasteiger partial charge in [0.1, 0.15) is 10.6 Å². The summed E-state index contributed by atoms with van der Waals surface area (Å²) in [6.07, 6.45) is 0. The van der Waals surface area contributed by atoms with E-state index in [9.17, 15) is 8.42 Å². The van der Waals surface area contributed by atoms with E-state index >= 15 is 0 Å². The molecule has 0 saturated heterocycles. The maximum atomic E-state index is 12.0. The smallest absolute Gasteiger partial charge is 0.284 e. The fourth-order valence-corrected chi connectivity index (χ4v) is 4.47. The lowest BCUT2D eigenvalue weighted by molar-refractivity contribution is 0.491. The third-order valence-corrected chi connectivity index (χ3v) is 5.36. The number of oxazole rings is 1. The van der Waals surface area contributed by atoms with Crippen molar-refractivity contribution in [3.8, 4) is 0 Å². The lowest BCUT2D eigenvalue weighted by Gasteiger charge is -1.97. The van der Waals surface area contributed by atoms with Crippen molar-refractivity contribution in [2.24, 2.45) is 4.40 Å². The average Bonchev–Trinajstić information content (AvgIpc) is 2.98. The lowest BCUT2D eigenvalue weighted by Crippen LogP contribution is -1.93. The summed E-state index contributed by atoms with van der Waals surface area (Å²) in [6.45, 7) is 0.